The number of thiazole rings is 1. The van der Waals surface area contributed by atoms with E-state index in [4.69, 9.17) is 5.26 Å². The Balaban J connectivity index is 2.28. The van der Waals surface area contributed by atoms with Crippen molar-refractivity contribution in [1.82, 2.24) is 4.98 Å². The van der Waals surface area contributed by atoms with E-state index >= 15 is 0 Å². The molecular formula is C12H8N2O2S2. The number of esters is 1. The zero-order valence-corrected chi connectivity index (χ0v) is 11.0. The minimum Gasteiger partial charge on any atom is -0.465 e. The van der Waals surface area contributed by atoms with Crippen LogP contribution in [-0.4, -0.2) is 18.1 Å². The van der Waals surface area contributed by atoms with Crippen molar-refractivity contribution in [2.45, 2.75) is 0 Å². The fraction of sp³-hybridized carbons (Fsp3) is 0.0833. The summed E-state index contributed by atoms with van der Waals surface area (Å²) < 4.78 is 4.50. The van der Waals surface area contributed by atoms with Crippen LogP contribution in [0.2, 0.25) is 0 Å². The fourth-order valence-electron chi connectivity index (χ4n) is 1.27. The zero-order chi connectivity index (χ0) is 13.0. The molecule has 0 atom stereocenters. The molecule has 0 unspecified atom stereocenters. The second kappa shape index (κ2) is 5.58. The molecule has 0 spiro atoms. The Bertz CT molecular complexity index is 621. The van der Waals surface area contributed by atoms with Gasteiger partial charge < -0.3 is 4.74 Å². The number of thiophene rings is 1. The summed E-state index contributed by atoms with van der Waals surface area (Å²) >= 11 is 3.06. The highest BCUT2D eigenvalue weighted by molar-refractivity contribution is 7.14. The number of carbonyl (C=O) groups excluding carboxylic acids is 1. The number of carbonyl (C=O) groups is 1. The first kappa shape index (κ1) is 12.5. The molecule has 0 saturated carbocycles. The summed E-state index contributed by atoms with van der Waals surface area (Å²) in [7, 11) is 1.24. The predicted molar refractivity (Wildman–Crippen MR) is 71.0 cm³/mol. The Morgan fingerprint density at radius 3 is 3.00 bits per heavy atom. The Morgan fingerprint density at radius 2 is 2.39 bits per heavy atom. The van der Waals surface area contributed by atoms with Crippen molar-refractivity contribution in [3.8, 4) is 16.6 Å². The molecule has 0 aromatic carbocycles. The fourth-order valence-corrected chi connectivity index (χ4v) is 2.76. The van der Waals surface area contributed by atoms with Crippen LogP contribution in [0.4, 0.5) is 0 Å². The standard InChI is InChI=1S/C12H8N2O2S2/c1-16-12(15)9(5-13)4-10-7-18-11(14-10)8-2-3-17-6-8/h2-4,6-7H,1H3. The van der Waals surface area contributed by atoms with Gasteiger partial charge in [-0.25, -0.2) is 9.78 Å². The number of ether oxygens (including phenoxy) is 1. The maximum atomic E-state index is 11.2. The van der Waals surface area contributed by atoms with Gasteiger partial charge in [0, 0.05) is 16.3 Å². The number of aromatic nitrogens is 1. The molecule has 0 N–H and O–H groups in total. The summed E-state index contributed by atoms with van der Waals surface area (Å²) in [6.45, 7) is 0. The summed E-state index contributed by atoms with van der Waals surface area (Å²) in [6, 6.07) is 3.77. The first-order chi connectivity index (χ1) is 8.74. The predicted octanol–water partition coefficient (Wildman–Crippen LogP) is 2.95. The van der Waals surface area contributed by atoms with Crippen molar-refractivity contribution in [2.75, 3.05) is 7.11 Å². The van der Waals surface area contributed by atoms with Crippen molar-refractivity contribution in [2.24, 2.45) is 0 Å². The van der Waals surface area contributed by atoms with Crippen molar-refractivity contribution in [3.63, 3.8) is 0 Å². The summed E-state index contributed by atoms with van der Waals surface area (Å²) in [5, 5.41) is 15.5. The smallest absolute Gasteiger partial charge is 0.348 e. The largest absolute Gasteiger partial charge is 0.465 e. The van der Waals surface area contributed by atoms with E-state index in [0.29, 0.717) is 5.69 Å². The molecule has 6 heteroatoms. The van der Waals surface area contributed by atoms with E-state index in [2.05, 4.69) is 9.72 Å². The molecule has 0 amide bonds. The lowest BCUT2D eigenvalue weighted by Gasteiger charge is -1.94. The minimum atomic E-state index is -0.650. The lowest BCUT2D eigenvalue weighted by atomic mass is 10.2. The average molecular weight is 276 g/mol. The van der Waals surface area contributed by atoms with E-state index in [9.17, 15) is 4.79 Å². The van der Waals surface area contributed by atoms with E-state index in [1.807, 2.05) is 16.8 Å². The van der Waals surface area contributed by atoms with E-state index in [0.717, 1.165) is 10.6 Å². The van der Waals surface area contributed by atoms with Crippen LogP contribution in [0.1, 0.15) is 5.69 Å². The molecule has 0 radical (unpaired) electrons. The molecule has 0 fully saturated rings. The first-order valence-electron chi connectivity index (χ1n) is 4.93. The molecule has 90 valence electrons. The highest BCUT2D eigenvalue weighted by Gasteiger charge is 2.10. The SMILES string of the molecule is COC(=O)C(C#N)=Cc1csc(-c2ccsc2)n1. The van der Waals surface area contributed by atoms with Gasteiger partial charge in [-0.2, -0.15) is 16.6 Å². The zero-order valence-electron chi connectivity index (χ0n) is 9.41. The summed E-state index contributed by atoms with van der Waals surface area (Å²) in [5.41, 5.74) is 1.57. The van der Waals surface area contributed by atoms with Crippen LogP contribution >= 0.6 is 22.7 Å². The molecule has 2 aromatic heterocycles. The summed E-state index contributed by atoms with van der Waals surface area (Å²) in [6.07, 6.45) is 1.43. The van der Waals surface area contributed by atoms with Gasteiger partial charge in [0.05, 0.1) is 12.8 Å². The normalized spacial score (nSPS) is 11.0. The van der Waals surface area contributed by atoms with Crippen molar-refractivity contribution < 1.29 is 9.53 Å². The molecule has 2 heterocycles. The molecule has 0 aliphatic heterocycles. The number of hydrogen-bond donors (Lipinski definition) is 0. The van der Waals surface area contributed by atoms with Gasteiger partial charge in [0.15, 0.2) is 0 Å². The highest BCUT2D eigenvalue weighted by Crippen LogP contribution is 2.26. The molecule has 2 aromatic rings. The van der Waals surface area contributed by atoms with Crippen LogP contribution in [0.15, 0.2) is 27.8 Å². The van der Waals surface area contributed by atoms with Gasteiger partial charge in [-0.05, 0) is 17.5 Å². The quantitative estimate of drug-likeness (QED) is 0.491. The van der Waals surface area contributed by atoms with Gasteiger partial charge >= 0.3 is 5.97 Å². The Morgan fingerprint density at radius 1 is 1.56 bits per heavy atom. The highest BCUT2D eigenvalue weighted by atomic mass is 32.1. The van der Waals surface area contributed by atoms with Crippen LogP contribution in [0.5, 0.6) is 0 Å². The Hall–Kier alpha value is -1.97. The minimum absolute atomic E-state index is 0.0559. The maximum Gasteiger partial charge on any atom is 0.348 e. The third-order valence-corrected chi connectivity index (χ3v) is 3.70. The molecule has 0 bridgehead atoms. The molecule has 0 aliphatic carbocycles. The van der Waals surface area contributed by atoms with Gasteiger partial charge in [-0.3, -0.25) is 0 Å². The number of hydrogen-bond acceptors (Lipinski definition) is 6. The average Bonchev–Trinajstić information content (AvgIpc) is 3.05. The number of nitrogens with zero attached hydrogens (tertiary/aromatic N) is 2. The monoisotopic (exact) mass is 276 g/mol. The third kappa shape index (κ3) is 2.64. The lowest BCUT2D eigenvalue weighted by molar-refractivity contribution is -0.135. The third-order valence-electron chi connectivity index (χ3n) is 2.11. The Labute approximate surface area is 112 Å². The number of rotatable bonds is 3. The van der Waals surface area contributed by atoms with Gasteiger partial charge in [-0.1, -0.05) is 0 Å². The summed E-state index contributed by atoms with van der Waals surface area (Å²) in [4.78, 5) is 15.6. The van der Waals surface area contributed by atoms with Gasteiger partial charge in [0.25, 0.3) is 0 Å². The molecule has 4 nitrogen and oxygen atoms in total. The van der Waals surface area contributed by atoms with Crippen LogP contribution in [0, 0.1) is 11.3 Å². The van der Waals surface area contributed by atoms with Crippen LogP contribution in [-0.2, 0) is 9.53 Å². The summed E-state index contributed by atoms with van der Waals surface area (Å²) in [5.74, 6) is -0.650. The second-order valence-corrected chi connectivity index (χ2v) is 4.89. The van der Waals surface area contributed by atoms with Crippen LogP contribution < -0.4 is 0 Å². The molecule has 0 saturated heterocycles. The second-order valence-electron chi connectivity index (χ2n) is 3.25. The van der Waals surface area contributed by atoms with E-state index in [1.54, 1.807) is 22.8 Å². The molecule has 0 aliphatic rings. The first-order valence-corrected chi connectivity index (χ1v) is 6.75. The van der Waals surface area contributed by atoms with Crippen molar-refractivity contribution in [1.29, 1.82) is 5.26 Å². The van der Waals surface area contributed by atoms with Gasteiger partial charge in [-0.15, -0.1) is 11.3 Å². The van der Waals surface area contributed by atoms with Crippen molar-refractivity contribution >= 4 is 34.7 Å². The Kier molecular flexibility index (Phi) is 3.87. The maximum absolute atomic E-state index is 11.2. The molecular weight excluding hydrogens is 268 g/mol. The van der Waals surface area contributed by atoms with E-state index < -0.39 is 5.97 Å². The number of methoxy groups -OCH3 is 1. The topological polar surface area (TPSA) is 63.0 Å². The van der Waals surface area contributed by atoms with Gasteiger partial charge in [0.2, 0.25) is 0 Å². The lowest BCUT2D eigenvalue weighted by Crippen LogP contribution is -2.02. The van der Waals surface area contributed by atoms with E-state index in [1.165, 1.54) is 24.5 Å². The van der Waals surface area contributed by atoms with Crippen LogP contribution in [0.25, 0.3) is 16.6 Å². The molecule has 18 heavy (non-hydrogen) atoms. The number of nitriles is 1. The van der Waals surface area contributed by atoms with Gasteiger partial charge in [0.1, 0.15) is 16.6 Å². The molecule has 2 rings (SSSR count). The van der Waals surface area contributed by atoms with Crippen molar-refractivity contribution in [3.05, 3.63) is 33.5 Å². The van der Waals surface area contributed by atoms with E-state index in [-0.39, 0.29) is 5.57 Å². The van der Waals surface area contributed by atoms with Crippen LogP contribution in [0.3, 0.4) is 0 Å².